The summed E-state index contributed by atoms with van der Waals surface area (Å²) in [6.07, 6.45) is 4.49. The van der Waals surface area contributed by atoms with Crippen molar-refractivity contribution in [3.05, 3.63) is 0 Å². The predicted molar refractivity (Wildman–Crippen MR) is 89.2 cm³/mol. The summed E-state index contributed by atoms with van der Waals surface area (Å²) in [5.41, 5.74) is -0.791. The molecule has 0 unspecified atom stereocenters. The Kier molecular flexibility index (Phi) is 7.53. The molecule has 1 aliphatic carbocycles. The van der Waals surface area contributed by atoms with Gasteiger partial charge in [-0.1, -0.05) is 40.9 Å². The monoisotopic (exact) mass is 375 g/mol. The summed E-state index contributed by atoms with van der Waals surface area (Å²) in [5.74, 6) is -0.0536. The number of alkyl halides is 1. The minimum absolute atomic E-state index is 0.00931. The Bertz CT molecular complexity index is 426. The van der Waals surface area contributed by atoms with E-state index in [1.165, 1.54) is 12.8 Å². The molecular formula is C16H26BrNO4. The number of ketones is 1. The van der Waals surface area contributed by atoms with Crippen molar-refractivity contribution in [3.63, 3.8) is 0 Å². The number of ether oxygens (including phenoxy) is 1. The molecule has 0 aliphatic heterocycles. The zero-order valence-electron chi connectivity index (χ0n) is 13.9. The molecule has 0 saturated heterocycles. The molecular weight excluding hydrogens is 350 g/mol. The lowest BCUT2D eigenvalue weighted by Crippen LogP contribution is -2.37. The number of hydrogen-bond donors (Lipinski definition) is 0. The second-order valence-corrected chi connectivity index (χ2v) is 6.93. The molecule has 0 amide bonds. The number of halogens is 1. The van der Waals surface area contributed by atoms with Crippen LogP contribution in [0.2, 0.25) is 0 Å². The highest BCUT2D eigenvalue weighted by molar-refractivity contribution is 9.09. The quantitative estimate of drug-likeness (QED) is 0.224. The molecule has 0 aromatic heterocycles. The molecule has 0 atom stereocenters. The molecule has 0 heterocycles. The Balaban J connectivity index is 2.79. The molecule has 1 rings (SSSR count). The third-order valence-electron chi connectivity index (χ3n) is 4.23. The van der Waals surface area contributed by atoms with E-state index in [1.54, 1.807) is 6.92 Å². The van der Waals surface area contributed by atoms with Crippen LogP contribution in [0.4, 0.5) is 0 Å². The lowest BCUT2D eigenvalue weighted by molar-refractivity contribution is -0.136. The third kappa shape index (κ3) is 5.38. The van der Waals surface area contributed by atoms with E-state index in [0.717, 1.165) is 18.8 Å². The van der Waals surface area contributed by atoms with Crippen LogP contribution < -0.4 is 0 Å². The zero-order valence-corrected chi connectivity index (χ0v) is 15.4. The van der Waals surface area contributed by atoms with Crippen LogP contribution in [-0.4, -0.2) is 35.0 Å². The molecule has 0 radical (unpaired) electrons. The average Bonchev–Trinajstić information content (AvgIpc) is 2.47. The molecule has 1 saturated carbocycles. The summed E-state index contributed by atoms with van der Waals surface area (Å²) >= 11 is 3.04. The highest BCUT2D eigenvalue weighted by atomic mass is 79.9. The molecule has 0 aromatic rings. The van der Waals surface area contributed by atoms with E-state index < -0.39 is 17.4 Å². The fraction of sp³-hybridized carbons (Fsp3) is 0.812. The van der Waals surface area contributed by atoms with E-state index in [9.17, 15) is 9.59 Å². The average molecular weight is 376 g/mol. The second-order valence-electron chi connectivity index (χ2n) is 6.37. The minimum atomic E-state index is -0.736. The van der Waals surface area contributed by atoms with Crippen LogP contribution >= 0.6 is 15.9 Å². The predicted octanol–water partition coefficient (Wildman–Crippen LogP) is 3.49. The van der Waals surface area contributed by atoms with Gasteiger partial charge in [0, 0.05) is 5.92 Å². The Morgan fingerprint density at radius 1 is 1.23 bits per heavy atom. The van der Waals surface area contributed by atoms with Crippen LogP contribution in [0.15, 0.2) is 5.16 Å². The Hall–Kier alpha value is -0.910. The van der Waals surface area contributed by atoms with Crippen molar-refractivity contribution < 1.29 is 19.2 Å². The molecule has 6 heteroatoms. The van der Waals surface area contributed by atoms with E-state index in [1.807, 2.05) is 13.8 Å². The van der Waals surface area contributed by atoms with Gasteiger partial charge in [0.15, 0.2) is 0 Å². The molecule has 1 fully saturated rings. The summed E-state index contributed by atoms with van der Waals surface area (Å²) in [7, 11) is 0. The topological polar surface area (TPSA) is 65.0 Å². The summed E-state index contributed by atoms with van der Waals surface area (Å²) in [6, 6.07) is 0. The summed E-state index contributed by atoms with van der Waals surface area (Å²) in [4.78, 5) is 29.2. The van der Waals surface area contributed by atoms with Gasteiger partial charge in [0.25, 0.3) is 0 Å². The van der Waals surface area contributed by atoms with E-state index in [2.05, 4.69) is 28.0 Å². The summed E-state index contributed by atoms with van der Waals surface area (Å²) in [5, 5.41) is 3.85. The van der Waals surface area contributed by atoms with Crippen molar-refractivity contribution >= 4 is 33.4 Å². The fourth-order valence-corrected chi connectivity index (χ4v) is 2.92. The van der Waals surface area contributed by atoms with Gasteiger partial charge in [0.05, 0.1) is 11.9 Å². The van der Waals surface area contributed by atoms with Crippen LogP contribution in [0.25, 0.3) is 0 Å². The van der Waals surface area contributed by atoms with Crippen molar-refractivity contribution in [1.82, 2.24) is 0 Å². The number of carbonyl (C=O) groups is 2. The molecule has 0 N–H and O–H groups in total. The first-order valence-electron chi connectivity index (χ1n) is 7.84. The van der Waals surface area contributed by atoms with E-state index in [-0.39, 0.29) is 17.6 Å². The lowest BCUT2D eigenvalue weighted by Gasteiger charge is -2.36. The third-order valence-corrected chi connectivity index (χ3v) is 4.73. The maximum atomic E-state index is 11.8. The van der Waals surface area contributed by atoms with Crippen molar-refractivity contribution in [1.29, 1.82) is 0 Å². The summed E-state index contributed by atoms with van der Waals surface area (Å²) < 4.78 is 4.86. The molecule has 5 nitrogen and oxygen atoms in total. The Labute approximate surface area is 140 Å². The zero-order chi connectivity index (χ0) is 16.8. The van der Waals surface area contributed by atoms with Gasteiger partial charge in [0.2, 0.25) is 11.5 Å². The SMILES string of the molecule is CCOC(=O)C(=NOC(C)(C)[C@H]1CC[C@H](C)CC1)C(=O)CBr. The van der Waals surface area contributed by atoms with Gasteiger partial charge in [-0.05, 0) is 39.5 Å². The second kappa shape index (κ2) is 8.65. The van der Waals surface area contributed by atoms with Crippen LogP contribution in [0.3, 0.4) is 0 Å². The van der Waals surface area contributed by atoms with Gasteiger partial charge < -0.3 is 9.57 Å². The molecule has 0 bridgehead atoms. The van der Waals surface area contributed by atoms with Crippen molar-refractivity contribution in [2.24, 2.45) is 17.0 Å². The van der Waals surface area contributed by atoms with Crippen LogP contribution in [0.1, 0.15) is 53.4 Å². The first-order valence-corrected chi connectivity index (χ1v) is 8.96. The van der Waals surface area contributed by atoms with Gasteiger partial charge >= 0.3 is 5.97 Å². The highest BCUT2D eigenvalue weighted by Crippen LogP contribution is 2.37. The van der Waals surface area contributed by atoms with Gasteiger partial charge in [-0.15, -0.1) is 0 Å². The smallest absolute Gasteiger partial charge is 0.364 e. The maximum Gasteiger partial charge on any atom is 0.364 e. The van der Waals surface area contributed by atoms with Crippen LogP contribution in [0.5, 0.6) is 0 Å². The molecule has 1 aliphatic rings. The van der Waals surface area contributed by atoms with E-state index >= 15 is 0 Å². The van der Waals surface area contributed by atoms with Gasteiger partial charge in [-0.2, -0.15) is 0 Å². The first kappa shape index (κ1) is 19.1. The number of hydrogen-bond acceptors (Lipinski definition) is 5. The molecule has 126 valence electrons. The number of Topliss-reactive ketones (excluding diaryl/α,β-unsaturated/α-hetero) is 1. The molecule has 0 spiro atoms. The summed E-state index contributed by atoms with van der Waals surface area (Å²) in [6.45, 7) is 8.05. The fourth-order valence-electron chi connectivity index (χ4n) is 2.66. The standard InChI is InChI=1S/C16H26BrNO4/c1-5-21-15(20)14(13(19)10-17)18-22-16(3,4)12-8-6-11(2)7-9-12/h11-12H,5-10H2,1-4H3/t11-,12-. The number of rotatable bonds is 7. The number of esters is 1. The molecule has 0 aromatic carbocycles. The van der Waals surface area contributed by atoms with Gasteiger partial charge in [0.1, 0.15) is 5.60 Å². The van der Waals surface area contributed by atoms with E-state index in [0.29, 0.717) is 5.92 Å². The number of nitrogens with zero attached hydrogens (tertiary/aromatic N) is 1. The van der Waals surface area contributed by atoms with Crippen LogP contribution in [0, 0.1) is 11.8 Å². The largest absolute Gasteiger partial charge is 0.461 e. The van der Waals surface area contributed by atoms with Crippen LogP contribution in [-0.2, 0) is 19.2 Å². The maximum absolute atomic E-state index is 11.8. The van der Waals surface area contributed by atoms with Crippen molar-refractivity contribution in [2.45, 2.75) is 59.0 Å². The van der Waals surface area contributed by atoms with Gasteiger partial charge in [-0.25, -0.2) is 4.79 Å². The number of oxime groups is 1. The van der Waals surface area contributed by atoms with Gasteiger partial charge in [-0.3, -0.25) is 4.79 Å². The number of carbonyl (C=O) groups excluding carboxylic acids is 2. The minimum Gasteiger partial charge on any atom is -0.461 e. The van der Waals surface area contributed by atoms with Crippen molar-refractivity contribution in [3.8, 4) is 0 Å². The normalized spacial score (nSPS) is 23.0. The first-order chi connectivity index (χ1) is 10.3. The Morgan fingerprint density at radius 3 is 2.32 bits per heavy atom. The van der Waals surface area contributed by atoms with Crippen molar-refractivity contribution in [2.75, 3.05) is 11.9 Å². The highest BCUT2D eigenvalue weighted by Gasteiger charge is 2.35. The van der Waals surface area contributed by atoms with E-state index in [4.69, 9.17) is 9.57 Å². The lowest BCUT2D eigenvalue weighted by atomic mass is 9.75. The molecule has 22 heavy (non-hydrogen) atoms. The Morgan fingerprint density at radius 2 is 1.82 bits per heavy atom.